The van der Waals surface area contributed by atoms with E-state index in [4.69, 9.17) is 13.0 Å². The first-order valence-electron chi connectivity index (χ1n) is 3.17. The number of alkyl halides is 1. The van der Waals surface area contributed by atoms with E-state index in [1.807, 2.05) is 0 Å². The third-order valence-electron chi connectivity index (χ3n) is 0.591. The molecule has 0 amide bonds. The molecule has 17 heavy (non-hydrogen) atoms. The minimum Gasteiger partial charge on any atom is -0.722 e. The minimum absolute atomic E-state index is 0. The van der Waals surface area contributed by atoms with Crippen molar-refractivity contribution in [2.45, 2.75) is 21.8 Å². The number of hydrogen-bond acceptors (Lipinski definition) is 7. The Morgan fingerprint density at radius 3 is 1.82 bits per heavy atom. The standard InChI is InChI=1S/C5H7FO4.2CH4.FHO3S/c1-4(7)9-3-10-5(8)2-6;;;1-5(2,3)4/h2-3H2,1H3;2*1H4;(H,2,3,4)/p-1. The SMILES string of the molecule is C.C.CC(=O)OCOC(=O)CF.O=S(=O)([O-])F. The van der Waals surface area contributed by atoms with E-state index in [0.717, 1.165) is 6.92 Å². The van der Waals surface area contributed by atoms with Crippen LogP contribution in [0.25, 0.3) is 0 Å². The van der Waals surface area contributed by atoms with E-state index >= 15 is 0 Å². The maximum absolute atomic E-state index is 11.3. The molecule has 0 rings (SSSR count). The van der Waals surface area contributed by atoms with Crippen LogP contribution in [0.15, 0.2) is 0 Å². The first-order valence-corrected chi connectivity index (χ1v) is 4.48. The van der Waals surface area contributed by atoms with Crippen LogP contribution in [0.2, 0.25) is 0 Å². The molecule has 0 N–H and O–H groups in total. The Hall–Kier alpha value is -1.29. The number of carbonyl (C=O) groups excluding carboxylic acids is 2. The van der Waals surface area contributed by atoms with Crippen molar-refractivity contribution in [3.05, 3.63) is 0 Å². The van der Waals surface area contributed by atoms with Gasteiger partial charge in [-0.2, -0.15) is 0 Å². The van der Waals surface area contributed by atoms with Crippen LogP contribution in [-0.4, -0.2) is 38.4 Å². The molecule has 10 heteroatoms. The lowest BCUT2D eigenvalue weighted by Crippen LogP contribution is -2.11. The maximum Gasteiger partial charge on any atom is 0.340 e. The summed E-state index contributed by atoms with van der Waals surface area (Å²) >= 11 is 0. The molecular formula is C7H15F2O7S-. The third kappa shape index (κ3) is 52.8. The summed E-state index contributed by atoms with van der Waals surface area (Å²) in [6.45, 7) is -0.567. The Morgan fingerprint density at radius 1 is 1.24 bits per heavy atom. The van der Waals surface area contributed by atoms with Gasteiger partial charge in [0.25, 0.3) is 10.5 Å². The summed E-state index contributed by atoms with van der Waals surface area (Å²) in [6, 6.07) is 0. The van der Waals surface area contributed by atoms with Crippen LogP contribution in [0.4, 0.5) is 8.28 Å². The van der Waals surface area contributed by atoms with Gasteiger partial charge in [-0.3, -0.25) is 4.79 Å². The molecule has 0 spiro atoms. The van der Waals surface area contributed by atoms with Gasteiger partial charge < -0.3 is 14.0 Å². The summed E-state index contributed by atoms with van der Waals surface area (Å²) in [4.78, 5) is 20.0. The second-order valence-electron chi connectivity index (χ2n) is 1.80. The largest absolute Gasteiger partial charge is 0.722 e. The summed E-state index contributed by atoms with van der Waals surface area (Å²) < 4.78 is 54.8. The Morgan fingerprint density at radius 2 is 1.59 bits per heavy atom. The van der Waals surface area contributed by atoms with Crippen LogP contribution in [0.3, 0.4) is 0 Å². The molecule has 0 aliphatic carbocycles. The molecule has 0 aliphatic rings. The van der Waals surface area contributed by atoms with Crippen LogP contribution in [0, 0.1) is 0 Å². The van der Waals surface area contributed by atoms with Crippen molar-refractivity contribution in [1.82, 2.24) is 0 Å². The Balaban J connectivity index is -0.000000105. The average Bonchev–Trinajstić information content (AvgIpc) is 2.00. The number of carbonyl (C=O) groups is 2. The number of rotatable bonds is 3. The van der Waals surface area contributed by atoms with E-state index in [1.54, 1.807) is 0 Å². The van der Waals surface area contributed by atoms with E-state index in [-0.39, 0.29) is 14.9 Å². The fraction of sp³-hybridized carbons (Fsp3) is 0.714. The highest BCUT2D eigenvalue weighted by molar-refractivity contribution is 7.80. The van der Waals surface area contributed by atoms with Gasteiger partial charge in [0.05, 0.1) is 0 Å². The predicted molar refractivity (Wildman–Crippen MR) is 53.0 cm³/mol. The van der Waals surface area contributed by atoms with Gasteiger partial charge in [-0.1, -0.05) is 14.9 Å². The van der Waals surface area contributed by atoms with E-state index < -0.39 is 35.9 Å². The molecular weight excluding hydrogens is 266 g/mol. The minimum atomic E-state index is -5.42. The van der Waals surface area contributed by atoms with Gasteiger partial charge in [0.2, 0.25) is 6.79 Å². The van der Waals surface area contributed by atoms with Crippen LogP contribution in [-0.2, 0) is 29.6 Å². The smallest absolute Gasteiger partial charge is 0.340 e. The molecule has 0 aromatic heterocycles. The molecule has 0 unspecified atom stereocenters. The van der Waals surface area contributed by atoms with Crippen molar-refractivity contribution in [2.75, 3.05) is 13.5 Å². The molecule has 0 fully saturated rings. The molecule has 0 aromatic carbocycles. The lowest BCUT2D eigenvalue weighted by atomic mass is 10.8. The van der Waals surface area contributed by atoms with Gasteiger partial charge in [0.1, 0.15) is 0 Å². The van der Waals surface area contributed by atoms with Crippen molar-refractivity contribution >= 4 is 22.4 Å². The van der Waals surface area contributed by atoms with Gasteiger partial charge >= 0.3 is 11.9 Å². The molecule has 0 saturated carbocycles. The third-order valence-corrected chi connectivity index (χ3v) is 0.591. The molecule has 0 aromatic rings. The molecule has 0 bridgehead atoms. The quantitative estimate of drug-likeness (QED) is 0.324. The van der Waals surface area contributed by atoms with Crippen LogP contribution in [0.1, 0.15) is 21.8 Å². The highest BCUT2D eigenvalue weighted by atomic mass is 32.3. The van der Waals surface area contributed by atoms with E-state index in [2.05, 4.69) is 9.47 Å². The Labute approximate surface area is 98.8 Å². The Bertz CT molecular complexity index is 293. The van der Waals surface area contributed by atoms with Crippen molar-refractivity contribution in [1.29, 1.82) is 0 Å². The zero-order valence-electron chi connectivity index (χ0n) is 7.44. The van der Waals surface area contributed by atoms with E-state index in [0.29, 0.717) is 0 Å². The van der Waals surface area contributed by atoms with Crippen LogP contribution < -0.4 is 0 Å². The van der Waals surface area contributed by atoms with Crippen molar-refractivity contribution in [2.24, 2.45) is 0 Å². The molecule has 7 nitrogen and oxygen atoms in total. The number of esters is 2. The van der Waals surface area contributed by atoms with Crippen LogP contribution >= 0.6 is 0 Å². The number of hydrogen-bond donors (Lipinski definition) is 0. The molecule has 106 valence electrons. The summed E-state index contributed by atoms with van der Waals surface area (Å²) in [7, 11) is -5.42. The summed E-state index contributed by atoms with van der Waals surface area (Å²) in [5, 5.41) is 0. The monoisotopic (exact) mass is 281 g/mol. The highest BCUT2D eigenvalue weighted by Crippen LogP contribution is 1.81. The summed E-state index contributed by atoms with van der Waals surface area (Å²) in [6.07, 6.45) is 0. The van der Waals surface area contributed by atoms with Gasteiger partial charge in [0.15, 0.2) is 6.67 Å². The first kappa shape index (κ1) is 24.8. The van der Waals surface area contributed by atoms with Gasteiger partial charge in [-0.05, 0) is 0 Å². The second-order valence-corrected chi connectivity index (χ2v) is 2.58. The molecule has 0 radical (unpaired) electrons. The lowest BCUT2D eigenvalue weighted by Gasteiger charge is -2.00. The van der Waals surface area contributed by atoms with Gasteiger partial charge in [-0.25, -0.2) is 17.6 Å². The molecule has 0 aliphatic heterocycles. The number of halogens is 2. The van der Waals surface area contributed by atoms with E-state index in [9.17, 15) is 17.9 Å². The fourth-order valence-electron chi connectivity index (χ4n) is 0.217. The van der Waals surface area contributed by atoms with Gasteiger partial charge in [0, 0.05) is 6.92 Å². The van der Waals surface area contributed by atoms with E-state index in [1.165, 1.54) is 0 Å². The van der Waals surface area contributed by atoms with Crippen molar-refractivity contribution < 1.29 is 40.3 Å². The molecule has 0 atom stereocenters. The predicted octanol–water partition coefficient (Wildman–Crippen LogP) is 0.708. The Kier molecular flexibility index (Phi) is 18.6. The van der Waals surface area contributed by atoms with Crippen molar-refractivity contribution in [3.8, 4) is 0 Å². The first-order chi connectivity index (χ1) is 6.66. The zero-order valence-corrected chi connectivity index (χ0v) is 8.25. The average molecular weight is 281 g/mol. The normalized spacial score (nSPS) is 8.47. The zero-order chi connectivity index (χ0) is 12.5. The summed E-state index contributed by atoms with van der Waals surface area (Å²) in [5.41, 5.74) is 0. The summed E-state index contributed by atoms with van der Waals surface area (Å²) in [5.74, 6) is -1.62. The van der Waals surface area contributed by atoms with Crippen molar-refractivity contribution in [3.63, 3.8) is 0 Å². The van der Waals surface area contributed by atoms with Crippen LogP contribution in [0.5, 0.6) is 0 Å². The topological polar surface area (TPSA) is 110 Å². The maximum atomic E-state index is 11.3. The lowest BCUT2D eigenvalue weighted by molar-refractivity contribution is -0.166. The van der Waals surface area contributed by atoms with Gasteiger partial charge in [-0.15, -0.1) is 3.89 Å². The fourth-order valence-corrected chi connectivity index (χ4v) is 0.217. The molecule has 0 saturated heterocycles. The highest BCUT2D eigenvalue weighted by Gasteiger charge is 2.00. The number of ether oxygens (including phenoxy) is 2. The molecule has 0 heterocycles. The second kappa shape index (κ2) is 12.8.